The lowest BCUT2D eigenvalue weighted by Crippen LogP contribution is -2.48. The Morgan fingerprint density at radius 1 is 1.06 bits per heavy atom. The molecule has 9 nitrogen and oxygen atoms in total. The van der Waals surface area contributed by atoms with E-state index in [1.807, 2.05) is 12.1 Å². The second-order valence-electron chi connectivity index (χ2n) is 8.56. The molecular weight excluding hydrogens is 488 g/mol. The fourth-order valence-electron chi connectivity index (χ4n) is 4.32. The van der Waals surface area contributed by atoms with E-state index < -0.39 is 24.2 Å². The Labute approximate surface area is 210 Å². The maximum absolute atomic E-state index is 12.8. The zero-order chi connectivity index (χ0) is 25.4. The van der Waals surface area contributed by atoms with Gasteiger partial charge in [0.05, 0.1) is 12.2 Å². The number of halogens is 1. The van der Waals surface area contributed by atoms with Crippen molar-refractivity contribution >= 4 is 35.3 Å². The molecule has 3 aromatic carbocycles. The van der Waals surface area contributed by atoms with Gasteiger partial charge in [0.25, 0.3) is 5.91 Å². The number of amides is 2. The first-order chi connectivity index (χ1) is 17.3. The second kappa shape index (κ2) is 9.43. The number of rotatable bonds is 5. The van der Waals surface area contributed by atoms with Gasteiger partial charge < -0.3 is 25.0 Å². The van der Waals surface area contributed by atoms with Crippen molar-refractivity contribution in [1.29, 1.82) is 0 Å². The first-order valence-corrected chi connectivity index (χ1v) is 11.5. The van der Waals surface area contributed by atoms with Crippen LogP contribution in [0.2, 0.25) is 5.02 Å². The minimum Gasteiger partial charge on any atom is -0.489 e. The molecule has 2 heterocycles. The summed E-state index contributed by atoms with van der Waals surface area (Å²) in [7, 11) is 0. The van der Waals surface area contributed by atoms with Gasteiger partial charge in [-0.25, -0.2) is 9.59 Å². The first-order valence-electron chi connectivity index (χ1n) is 11.1. The number of fused-ring (bicyclic) bond motifs is 2. The van der Waals surface area contributed by atoms with Crippen molar-refractivity contribution in [1.82, 2.24) is 4.90 Å². The summed E-state index contributed by atoms with van der Waals surface area (Å²) < 4.78 is 11.8. The summed E-state index contributed by atoms with van der Waals surface area (Å²) in [6.07, 6.45) is -2.22. The summed E-state index contributed by atoms with van der Waals surface area (Å²) in [5.41, 5.74) is 3.30. The van der Waals surface area contributed by atoms with E-state index in [9.17, 15) is 24.6 Å². The normalized spacial score (nSPS) is 18.4. The summed E-state index contributed by atoms with van der Waals surface area (Å²) in [6, 6.07) is 16.5. The van der Waals surface area contributed by atoms with Gasteiger partial charge >= 0.3 is 12.1 Å². The van der Waals surface area contributed by atoms with Crippen LogP contribution in [-0.2, 0) is 29.2 Å². The average molecular weight is 509 g/mol. The number of nitrogens with one attached hydrogen (secondary N) is 1. The number of hydrogen-bond acceptors (Lipinski definition) is 5. The molecule has 0 saturated carbocycles. The molecule has 0 aromatic heterocycles. The average Bonchev–Trinajstić information content (AvgIpc) is 2.86. The number of carbonyl (C=O) groups excluding carboxylic acids is 1. The summed E-state index contributed by atoms with van der Waals surface area (Å²) >= 11 is 5.90. The summed E-state index contributed by atoms with van der Waals surface area (Å²) in [6.45, 7) is 0.280. The molecule has 2 aliphatic rings. The van der Waals surface area contributed by atoms with Gasteiger partial charge in [0.1, 0.15) is 24.1 Å². The third kappa shape index (κ3) is 4.65. The molecule has 0 saturated heterocycles. The van der Waals surface area contributed by atoms with Gasteiger partial charge in [0, 0.05) is 17.0 Å². The molecule has 0 fully saturated rings. The highest BCUT2D eigenvalue weighted by Crippen LogP contribution is 2.39. The van der Waals surface area contributed by atoms with Gasteiger partial charge in [-0.1, -0.05) is 35.9 Å². The lowest BCUT2D eigenvalue weighted by atomic mass is 9.92. The van der Waals surface area contributed by atoms with Crippen molar-refractivity contribution in [2.24, 2.45) is 0 Å². The number of carbonyl (C=O) groups is 3. The van der Waals surface area contributed by atoms with E-state index >= 15 is 0 Å². The van der Waals surface area contributed by atoms with Crippen LogP contribution in [0.1, 0.15) is 28.4 Å². The van der Waals surface area contributed by atoms with Crippen LogP contribution >= 0.6 is 11.6 Å². The highest BCUT2D eigenvalue weighted by atomic mass is 35.5. The van der Waals surface area contributed by atoms with E-state index in [1.54, 1.807) is 48.5 Å². The Morgan fingerprint density at radius 2 is 1.78 bits per heavy atom. The molecule has 2 amide bonds. The highest BCUT2D eigenvalue weighted by Gasteiger charge is 2.37. The van der Waals surface area contributed by atoms with Crippen molar-refractivity contribution in [2.45, 2.75) is 31.7 Å². The molecule has 10 heteroatoms. The van der Waals surface area contributed by atoms with Crippen molar-refractivity contribution in [2.75, 3.05) is 5.32 Å². The van der Waals surface area contributed by atoms with Gasteiger partial charge in [0.15, 0.2) is 0 Å². The van der Waals surface area contributed by atoms with Crippen molar-refractivity contribution in [3.63, 3.8) is 0 Å². The number of anilines is 1. The molecule has 3 N–H and O–H groups in total. The molecule has 36 heavy (non-hydrogen) atoms. The Hall–Kier alpha value is -4.24. The predicted molar refractivity (Wildman–Crippen MR) is 129 cm³/mol. The number of carboxylic acid groups (broad SMARTS) is 2. The quantitative estimate of drug-likeness (QED) is 0.464. The van der Waals surface area contributed by atoms with Gasteiger partial charge in [-0.2, -0.15) is 0 Å². The molecule has 0 spiro atoms. The molecule has 184 valence electrons. The van der Waals surface area contributed by atoms with Crippen LogP contribution in [0.3, 0.4) is 0 Å². The molecule has 2 aliphatic heterocycles. The third-order valence-electron chi connectivity index (χ3n) is 6.21. The summed E-state index contributed by atoms with van der Waals surface area (Å²) in [4.78, 5) is 36.8. The van der Waals surface area contributed by atoms with Crippen molar-refractivity contribution in [3.8, 4) is 11.5 Å². The smallest absolute Gasteiger partial charge is 0.408 e. The maximum atomic E-state index is 12.8. The van der Waals surface area contributed by atoms with E-state index in [4.69, 9.17) is 21.1 Å². The lowest BCUT2D eigenvalue weighted by Gasteiger charge is -2.34. The van der Waals surface area contributed by atoms with E-state index in [0.29, 0.717) is 45.5 Å². The minimum atomic E-state index is -1.31. The molecule has 1 unspecified atom stereocenters. The van der Waals surface area contributed by atoms with E-state index in [2.05, 4.69) is 5.32 Å². The van der Waals surface area contributed by atoms with Crippen molar-refractivity contribution < 1.29 is 34.1 Å². The van der Waals surface area contributed by atoms with Gasteiger partial charge in [-0.3, -0.25) is 9.69 Å². The number of hydrogen-bond donors (Lipinski definition) is 3. The van der Waals surface area contributed by atoms with E-state index in [0.717, 1.165) is 10.5 Å². The molecule has 3 aromatic rings. The van der Waals surface area contributed by atoms with E-state index in [-0.39, 0.29) is 18.9 Å². The molecular formula is C26H21ClN2O7. The van der Waals surface area contributed by atoms with E-state index in [1.165, 1.54) is 0 Å². The molecule has 0 radical (unpaired) electrons. The topological polar surface area (TPSA) is 125 Å². The van der Waals surface area contributed by atoms with Crippen LogP contribution in [0.4, 0.5) is 10.5 Å². The van der Waals surface area contributed by atoms with Crippen LogP contribution in [0.5, 0.6) is 11.5 Å². The van der Waals surface area contributed by atoms with Crippen LogP contribution < -0.4 is 14.8 Å². The Kier molecular flexibility index (Phi) is 6.15. The highest BCUT2D eigenvalue weighted by molar-refractivity contribution is 6.30. The standard InChI is InChI=1S/C26H21ClN2O7/c27-18-5-1-14(2-6-18)13-35-19-7-3-15(4-8-19)23-24(30)28-20-9-16-10-21(25(31)32)29(26(33)34)12-17(16)11-22(20)36-23/h1-9,11,21,23H,10,12-13H2,(H,28,30)(H,31,32)(H,33,34)/t21-,23?/m0/s1. The number of carboxylic acids is 1. The van der Waals surface area contributed by atoms with Crippen LogP contribution in [0, 0.1) is 0 Å². The third-order valence-corrected chi connectivity index (χ3v) is 6.46. The Balaban J connectivity index is 1.32. The van der Waals surface area contributed by atoms with Gasteiger partial charge in [-0.05, 0) is 53.1 Å². The number of aliphatic carboxylic acids is 1. The molecule has 5 rings (SSSR count). The molecule has 2 atom stereocenters. The fraction of sp³-hybridized carbons (Fsp3) is 0.192. The lowest BCUT2D eigenvalue weighted by molar-refractivity contribution is -0.143. The zero-order valence-electron chi connectivity index (χ0n) is 18.8. The Bertz CT molecular complexity index is 1340. The second-order valence-corrected chi connectivity index (χ2v) is 8.99. The maximum Gasteiger partial charge on any atom is 0.408 e. The summed E-state index contributed by atoms with van der Waals surface area (Å²) in [5.74, 6) is -0.571. The number of ether oxygens (including phenoxy) is 2. The molecule has 0 aliphatic carbocycles. The fourth-order valence-corrected chi connectivity index (χ4v) is 4.44. The van der Waals surface area contributed by atoms with Crippen LogP contribution in [0.25, 0.3) is 0 Å². The van der Waals surface area contributed by atoms with Crippen molar-refractivity contribution in [3.05, 3.63) is 87.9 Å². The largest absolute Gasteiger partial charge is 0.489 e. The van der Waals surface area contributed by atoms with Gasteiger partial charge in [-0.15, -0.1) is 0 Å². The number of nitrogens with zero attached hydrogens (tertiary/aromatic N) is 1. The zero-order valence-corrected chi connectivity index (χ0v) is 19.6. The first kappa shape index (κ1) is 23.5. The summed E-state index contributed by atoms with van der Waals surface area (Å²) in [5, 5.41) is 22.3. The van der Waals surface area contributed by atoms with Crippen LogP contribution in [0.15, 0.2) is 60.7 Å². The molecule has 0 bridgehead atoms. The predicted octanol–water partition coefficient (Wildman–Crippen LogP) is 4.48. The SMILES string of the molecule is O=C1Nc2cc3c(cc2OC1c1ccc(OCc2ccc(Cl)cc2)cc1)CN(C(=O)O)[C@H](C(=O)O)C3. The van der Waals surface area contributed by atoms with Gasteiger partial charge in [0.2, 0.25) is 6.10 Å². The van der Waals surface area contributed by atoms with Crippen LogP contribution in [-0.4, -0.2) is 39.1 Å². The Morgan fingerprint density at radius 3 is 2.44 bits per heavy atom. The number of benzene rings is 3. The monoisotopic (exact) mass is 508 g/mol. The minimum absolute atomic E-state index is 0.00102.